The molecule has 0 spiro atoms. The van der Waals surface area contributed by atoms with E-state index in [1.165, 1.54) is 10.8 Å². The van der Waals surface area contributed by atoms with Gasteiger partial charge in [0.25, 0.3) is 5.56 Å². The Morgan fingerprint density at radius 2 is 1.42 bits per heavy atom. The second-order valence-corrected chi connectivity index (χ2v) is 10.7. The molecule has 4 aromatic rings. The molecule has 4 atom stereocenters. The third kappa shape index (κ3) is 6.58. The molecule has 1 aliphatic rings. The fourth-order valence-corrected chi connectivity index (χ4v) is 5.61. The number of aromatic nitrogens is 2. The summed E-state index contributed by atoms with van der Waals surface area (Å²) in [6.45, 7) is 1.98. The van der Waals surface area contributed by atoms with E-state index < -0.39 is 41.4 Å². The lowest BCUT2D eigenvalue weighted by atomic mass is 9.80. The van der Waals surface area contributed by atoms with Crippen molar-refractivity contribution in [1.29, 1.82) is 0 Å². The lowest BCUT2D eigenvalue weighted by molar-refractivity contribution is -0.107. The van der Waals surface area contributed by atoms with Gasteiger partial charge >= 0.3 is 5.69 Å². The first kappa shape index (κ1) is 32.1. The van der Waals surface area contributed by atoms with Gasteiger partial charge in [-0.2, -0.15) is 0 Å². The third-order valence-electron chi connectivity index (χ3n) is 7.96. The van der Waals surface area contributed by atoms with Crippen molar-refractivity contribution in [2.75, 3.05) is 41.2 Å². The molecule has 5 rings (SSSR count). The van der Waals surface area contributed by atoms with Crippen LogP contribution in [0.2, 0.25) is 0 Å². The molecule has 0 aliphatic carbocycles. The molecule has 1 fully saturated rings. The van der Waals surface area contributed by atoms with E-state index in [4.69, 9.17) is 28.4 Å². The van der Waals surface area contributed by atoms with Crippen molar-refractivity contribution < 1.29 is 33.5 Å². The molecule has 2 N–H and O–H groups in total. The minimum absolute atomic E-state index is 0.0464. The molecule has 0 bridgehead atoms. The Bertz CT molecular complexity index is 1610. The van der Waals surface area contributed by atoms with Crippen molar-refractivity contribution in [3.05, 3.63) is 128 Å². The summed E-state index contributed by atoms with van der Waals surface area (Å²) in [4.78, 5) is 27.1. The molecule has 11 nitrogen and oxygen atoms in total. The number of aliphatic hydroxyl groups excluding tert-OH is 1. The van der Waals surface area contributed by atoms with E-state index in [1.807, 2.05) is 78.9 Å². The molecule has 0 radical (unpaired) electrons. The van der Waals surface area contributed by atoms with Gasteiger partial charge in [0, 0.05) is 18.9 Å². The zero-order valence-electron chi connectivity index (χ0n) is 25.7. The van der Waals surface area contributed by atoms with Gasteiger partial charge in [0.2, 0.25) is 0 Å². The van der Waals surface area contributed by atoms with Crippen LogP contribution in [0, 0.1) is 6.92 Å². The van der Waals surface area contributed by atoms with Crippen LogP contribution in [0.1, 0.15) is 28.5 Å². The first-order chi connectivity index (χ1) is 21.8. The first-order valence-electron chi connectivity index (χ1n) is 14.6. The number of methoxy groups -OCH3 is 3. The number of nitrogens with one attached hydrogen (secondary N) is 1. The van der Waals surface area contributed by atoms with E-state index in [0.29, 0.717) is 17.1 Å². The fourth-order valence-electron chi connectivity index (χ4n) is 5.61. The number of hydrogen-bond acceptors (Lipinski definition) is 9. The Morgan fingerprint density at radius 3 is 1.98 bits per heavy atom. The van der Waals surface area contributed by atoms with Gasteiger partial charge in [-0.05, 0) is 47.9 Å². The van der Waals surface area contributed by atoms with Crippen LogP contribution < -0.4 is 20.7 Å². The van der Waals surface area contributed by atoms with E-state index in [9.17, 15) is 14.7 Å². The summed E-state index contributed by atoms with van der Waals surface area (Å²) in [7, 11) is 4.77. The van der Waals surface area contributed by atoms with Gasteiger partial charge in [0.15, 0.2) is 6.23 Å². The zero-order valence-corrected chi connectivity index (χ0v) is 25.7. The summed E-state index contributed by atoms with van der Waals surface area (Å²) in [5.41, 5.74) is 0.418. The smallest absolute Gasteiger partial charge is 0.330 e. The molecule has 1 aliphatic heterocycles. The SMILES string of the molecule is COCCO[C@H]1[C@@H](O)[C@H](n2cc(C)c(=O)[nH]c2=O)O[C@@H]1COC(c1ccccc1)(c1ccc(OC)cc1)c1ccc(OC)cc1. The van der Waals surface area contributed by atoms with Crippen molar-refractivity contribution in [3.63, 3.8) is 0 Å². The average Bonchev–Trinajstić information content (AvgIpc) is 3.38. The van der Waals surface area contributed by atoms with Crippen molar-refractivity contribution in [2.24, 2.45) is 0 Å². The van der Waals surface area contributed by atoms with Gasteiger partial charge < -0.3 is 33.5 Å². The van der Waals surface area contributed by atoms with Gasteiger partial charge in [-0.1, -0.05) is 54.6 Å². The van der Waals surface area contributed by atoms with Crippen LogP contribution in [-0.4, -0.2) is 74.1 Å². The Balaban J connectivity index is 1.58. The Hall–Kier alpha value is -4.26. The van der Waals surface area contributed by atoms with Crippen LogP contribution in [0.4, 0.5) is 0 Å². The molecule has 0 amide bonds. The number of H-pyrrole nitrogens is 1. The highest BCUT2D eigenvalue weighted by atomic mass is 16.6. The molecule has 3 aromatic carbocycles. The van der Waals surface area contributed by atoms with Crippen molar-refractivity contribution >= 4 is 0 Å². The minimum Gasteiger partial charge on any atom is -0.497 e. The summed E-state index contributed by atoms with van der Waals surface area (Å²) in [5.74, 6) is 1.38. The number of benzene rings is 3. The van der Waals surface area contributed by atoms with Crippen LogP contribution in [-0.2, 0) is 24.5 Å². The number of aromatic amines is 1. The predicted octanol–water partition coefficient (Wildman–Crippen LogP) is 3.16. The molecule has 2 heterocycles. The molecule has 0 saturated carbocycles. The number of aryl methyl sites for hydroxylation is 1. The molecular formula is C34H38N2O9. The van der Waals surface area contributed by atoms with Crippen molar-refractivity contribution in [3.8, 4) is 11.5 Å². The topological polar surface area (TPSA) is 130 Å². The minimum atomic E-state index is -1.26. The Kier molecular flexibility index (Phi) is 10.2. The highest BCUT2D eigenvalue weighted by molar-refractivity contribution is 5.49. The van der Waals surface area contributed by atoms with Crippen LogP contribution in [0.3, 0.4) is 0 Å². The zero-order chi connectivity index (χ0) is 32.0. The molecule has 45 heavy (non-hydrogen) atoms. The normalized spacial score (nSPS) is 19.8. The van der Waals surface area contributed by atoms with Crippen LogP contribution in [0.25, 0.3) is 0 Å². The van der Waals surface area contributed by atoms with E-state index in [1.54, 1.807) is 28.3 Å². The average molecular weight is 619 g/mol. The van der Waals surface area contributed by atoms with Gasteiger partial charge in [-0.25, -0.2) is 4.79 Å². The van der Waals surface area contributed by atoms with E-state index in [2.05, 4.69) is 4.98 Å². The summed E-state index contributed by atoms with van der Waals surface area (Å²) >= 11 is 0. The number of rotatable bonds is 13. The number of aliphatic hydroxyl groups is 1. The monoisotopic (exact) mass is 618 g/mol. The quantitative estimate of drug-likeness (QED) is 0.171. The van der Waals surface area contributed by atoms with Crippen LogP contribution in [0.15, 0.2) is 94.6 Å². The molecule has 238 valence electrons. The van der Waals surface area contributed by atoms with E-state index in [-0.39, 0.29) is 19.8 Å². The van der Waals surface area contributed by atoms with Gasteiger partial charge in [0.1, 0.15) is 35.4 Å². The highest BCUT2D eigenvalue weighted by Gasteiger charge is 2.48. The first-order valence-corrected chi connectivity index (χ1v) is 14.6. The number of nitrogens with zero attached hydrogens (tertiary/aromatic N) is 1. The third-order valence-corrected chi connectivity index (χ3v) is 7.96. The lowest BCUT2D eigenvalue weighted by Gasteiger charge is -2.37. The number of hydrogen-bond donors (Lipinski definition) is 2. The van der Waals surface area contributed by atoms with Gasteiger partial charge in [0.05, 0.1) is 34.0 Å². The summed E-state index contributed by atoms with van der Waals surface area (Å²) in [6.07, 6.45) is -2.73. The molecular weight excluding hydrogens is 580 g/mol. The molecule has 1 aromatic heterocycles. The Labute approximate surface area is 260 Å². The second-order valence-electron chi connectivity index (χ2n) is 10.7. The van der Waals surface area contributed by atoms with Crippen molar-refractivity contribution in [2.45, 2.75) is 37.1 Å². The standard InChI is InChI=1S/C34H38N2O9/c1-22-20-36(33(39)35-31(22)38)32-29(37)30(43-19-18-40-2)28(45-32)21-44-34(23-8-6-5-7-9-23,24-10-14-26(41-3)15-11-24)25-12-16-27(42-4)17-13-25/h5-17,20,28-30,32,37H,18-19,21H2,1-4H3,(H,35,38,39)/t28-,29-,30-,32-/m1/s1. The molecule has 0 unspecified atom stereocenters. The fraction of sp³-hybridized carbons (Fsp3) is 0.353. The van der Waals surface area contributed by atoms with Gasteiger partial charge in [-0.3, -0.25) is 14.3 Å². The summed E-state index contributed by atoms with van der Waals surface area (Å²) in [6, 6.07) is 25.0. The maximum Gasteiger partial charge on any atom is 0.330 e. The summed E-state index contributed by atoms with van der Waals surface area (Å²) in [5, 5.41) is 11.4. The van der Waals surface area contributed by atoms with E-state index in [0.717, 1.165) is 16.7 Å². The van der Waals surface area contributed by atoms with E-state index >= 15 is 0 Å². The van der Waals surface area contributed by atoms with Crippen molar-refractivity contribution in [1.82, 2.24) is 9.55 Å². The van der Waals surface area contributed by atoms with Crippen LogP contribution >= 0.6 is 0 Å². The van der Waals surface area contributed by atoms with Gasteiger partial charge in [-0.15, -0.1) is 0 Å². The Morgan fingerprint density at radius 1 is 0.844 bits per heavy atom. The molecule has 11 heteroatoms. The highest BCUT2D eigenvalue weighted by Crippen LogP contribution is 2.43. The molecule has 1 saturated heterocycles. The number of ether oxygens (including phenoxy) is 6. The predicted molar refractivity (Wildman–Crippen MR) is 166 cm³/mol. The largest absolute Gasteiger partial charge is 0.497 e. The summed E-state index contributed by atoms with van der Waals surface area (Å²) < 4.78 is 36.6. The maximum absolute atomic E-state index is 12.8. The second kappa shape index (κ2) is 14.2. The lowest BCUT2D eigenvalue weighted by Crippen LogP contribution is -2.41. The van der Waals surface area contributed by atoms with Crippen LogP contribution in [0.5, 0.6) is 11.5 Å². The maximum atomic E-state index is 12.8.